The standard InChI is InChI=1S/C17H21ClN4O2/c1-20-7-8-21(17(23)12-22-10-13(18)9-19-22)11-15(20)14-5-3-4-6-16(14)24-2/h3-6,9-10,15H,7-8,11-12H2,1-2H3/t15-/m1/s1. The van der Waals surface area contributed by atoms with Crippen molar-refractivity contribution in [1.29, 1.82) is 0 Å². The predicted molar refractivity (Wildman–Crippen MR) is 92.2 cm³/mol. The number of benzene rings is 1. The number of nitrogens with zero attached hydrogens (tertiary/aromatic N) is 4. The summed E-state index contributed by atoms with van der Waals surface area (Å²) in [4.78, 5) is 16.7. The molecule has 7 heteroatoms. The number of carbonyl (C=O) groups is 1. The van der Waals surface area contributed by atoms with E-state index in [1.165, 1.54) is 6.20 Å². The fourth-order valence-electron chi connectivity index (χ4n) is 3.04. The molecule has 3 rings (SSSR count). The van der Waals surface area contributed by atoms with Crippen LogP contribution in [0, 0.1) is 0 Å². The summed E-state index contributed by atoms with van der Waals surface area (Å²) in [7, 11) is 3.75. The number of halogens is 1. The molecule has 0 radical (unpaired) electrons. The molecule has 6 nitrogen and oxygen atoms in total. The smallest absolute Gasteiger partial charge is 0.244 e. The Balaban J connectivity index is 1.74. The minimum Gasteiger partial charge on any atom is -0.496 e. The van der Waals surface area contributed by atoms with Gasteiger partial charge in [-0.2, -0.15) is 5.10 Å². The van der Waals surface area contributed by atoms with Crippen molar-refractivity contribution in [2.24, 2.45) is 0 Å². The molecule has 2 aromatic rings. The van der Waals surface area contributed by atoms with Crippen LogP contribution in [0.3, 0.4) is 0 Å². The third-order valence-electron chi connectivity index (χ3n) is 4.40. The van der Waals surface area contributed by atoms with E-state index in [1.54, 1.807) is 18.0 Å². The van der Waals surface area contributed by atoms with Crippen LogP contribution in [0.2, 0.25) is 5.02 Å². The van der Waals surface area contributed by atoms with Gasteiger partial charge in [-0.15, -0.1) is 0 Å². The zero-order chi connectivity index (χ0) is 17.1. The molecule has 0 bridgehead atoms. The van der Waals surface area contributed by atoms with E-state index in [1.807, 2.05) is 23.1 Å². The van der Waals surface area contributed by atoms with Gasteiger partial charge in [0.2, 0.25) is 5.91 Å². The van der Waals surface area contributed by atoms with Gasteiger partial charge < -0.3 is 9.64 Å². The molecule has 1 aromatic carbocycles. The van der Waals surface area contributed by atoms with E-state index < -0.39 is 0 Å². The SMILES string of the molecule is COc1ccccc1[C@H]1CN(C(=O)Cn2cc(Cl)cn2)CCN1C. The number of amides is 1. The zero-order valence-electron chi connectivity index (χ0n) is 13.9. The summed E-state index contributed by atoms with van der Waals surface area (Å²) in [6.07, 6.45) is 3.20. The fraction of sp³-hybridized carbons (Fsp3) is 0.412. The average Bonchev–Trinajstić information content (AvgIpc) is 3.00. The van der Waals surface area contributed by atoms with E-state index in [9.17, 15) is 4.79 Å². The number of hydrogen-bond donors (Lipinski definition) is 0. The summed E-state index contributed by atoms with van der Waals surface area (Å²) in [6, 6.07) is 8.07. The molecule has 1 atom stereocenters. The van der Waals surface area contributed by atoms with Crippen LogP contribution in [0.5, 0.6) is 5.75 Å². The van der Waals surface area contributed by atoms with Gasteiger partial charge in [-0.3, -0.25) is 14.4 Å². The molecule has 1 aromatic heterocycles. The molecule has 0 aliphatic carbocycles. The lowest BCUT2D eigenvalue weighted by atomic mass is 10.0. The maximum Gasteiger partial charge on any atom is 0.244 e. The highest BCUT2D eigenvalue weighted by Crippen LogP contribution is 2.31. The molecular weight excluding hydrogens is 328 g/mol. The number of rotatable bonds is 4. The van der Waals surface area contributed by atoms with E-state index >= 15 is 0 Å². The Morgan fingerprint density at radius 1 is 1.38 bits per heavy atom. The molecule has 1 saturated heterocycles. The zero-order valence-corrected chi connectivity index (χ0v) is 14.6. The number of hydrogen-bond acceptors (Lipinski definition) is 4. The molecule has 0 unspecified atom stereocenters. The second kappa shape index (κ2) is 7.23. The maximum absolute atomic E-state index is 12.6. The number of likely N-dealkylation sites (N-methyl/N-ethyl adjacent to an activating group) is 1. The lowest BCUT2D eigenvalue weighted by Crippen LogP contribution is -2.49. The summed E-state index contributed by atoms with van der Waals surface area (Å²) in [5, 5.41) is 4.61. The summed E-state index contributed by atoms with van der Waals surface area (Å²) in [6.45, 7) is 2.35. The van der Waals surface area contributed by atoms with Gasteiger partial charge in [0.15, 0.2) is 0 Å². The lowest BCUT2D eigenvalue weighted by Gasteiger charge is -2.40. The van der Waals surface area contributed by atoms with Crippen molar-refractivity contribution in [3.63, 3.8) is 0 Å². The number of piperazine rings is 1. The fourth-order valence-corrected chi connectivity index (χ4v) is 3.20. The molecule has 1 aliphatic heterocycles. The Labute approximate surface area is 146 Å². The molecule has 0 N–H and O–H groups in total. The number of methoxy groups -OCH3 is 1. The number of carbonyl (C=O) groups excluding carboxylic acids is 1. The largest absolute Gasteiger partial charge is 0.496 e. The van der Waals surface area contributed by atoms with Crippen LogP contribution in [0.4, 0.5) is 0 Å². The molecule has 1 fully saturated rings. The molecule has 1 amide bonds. The van der Waals surface area contributed by atoms with Gasteiger partial charge in [0, 0.05) is 31.4 Å². The first-order valence-electron chi connectivity index (χ1n) is 7.87. The summed E-state index contributed by atoms with van der Waals surface area (Å²) < 4.78 is 7.05. The minimum absolute atomic E-state index is 0.0442. The third kappa shape index (κ3) is 3.55. The van der Waals surface area contributed by atoms with Gasteiger partial charge in [-0.25, -0.2) is 0 Å². The second-order valence-electron chi connectivity index (χ2n) is 5.93. The van der Waals surface area contributed by atoms with Crippen molar-refractivity contribution >= 4 is 17.5 Å². The van der Waals surface area contributed by atoms with Crippen LogP contribution in [-0.4, -0.2) is 59.3 Å². The number of ether oxygens (including phenoxy) is 1. The van der Waals surface area contributed by atoms with E-state index in [0.717, 1.165) is 17.9 Å². The minimum atomic E-state index is 0.0442. The quantitative estimate of drug-likeness (QED) is 0.848. The first kappa shape index (κ1) is 16.8. The van der Waals surface area contributed by atoms with Crippen molar-refractivity contribution in [2.45, 2.75) is 12.6 Å². The molecule has 0 saturated carbocycles. The average molecular weight is 349 g/mol. The third-order valence-corrected chi connectivity index (χ3v) is 4.59. The highest BCUT2D eigenvalue weighted by molar-refractivity contribution is 6.30. The summed E-state index contributed by atoms with van der Waals surface area (Å²) >= 11 is 5.86. The number of para-hydroxylation sites is 1. The molecule has 2 heterocycles. The van der Waals surface area contributed by atoms with Crippen LogP contribution in [0.15, 0.2) is 36.7 Å². The molecule has 0 spiro atoms. The van der Waals surface area contributed by atoms with Crippen molar-refractivity contribution in [2.75, 3.05) is 33.8 Å². The Morgan fingerprint density at radius 2 is 2.17 bits per heavy atom. The van der Waals surface area contributed by atoms with Gasteiger partial charge in [-0.05, 0) is 13.1 Å². The van der Waals surface area contributed by atoms with Crippen molar-refractivity contribution < 1.29 is 9.53 Å². The van der Waals surface area contributed by atoms with Crippen molar-refractivity contribution in [1.82, 2.24) is 19.6 Å². The molecule has 1 aliphatic rings. The molecule has 128 valence electrons. The highest BCUT2D eigenvalue weighted by atomic mass is 35.5. The molecular formula is C17H21ClN4O2. The van der Waals surface area contributed by atoms with Crippen LogP contribution in [0.1, 0.15) is 11.6 Å². The first-order valence-corrected chi connectivity index (χ1v) is 8.25. The van der Waals surface area contributed by atoms with E-state index in [2.05, 4.69) is 23.1 Å². The van der Waals surface area contributed by atoms with Gasteiger partial charge in [0.25, 0.3) is 0 Å². The van der Waals surface area contributed by atoms with E-state index in [0.29, 0.717) is 18.1 Å². The van der Waals surface area contributed by atoms with Crippen LogP contribution in [0.25, 0.3) is 0 Å². The first-order chi connectivity index (χ1) is 11.6. The second-order valence-corrected chi connectivity index (χ2v) is 6.37. The lowest BCUT2D eigenvalue weighted by molar-refractivity contribution is -0.134. The van der Waals surface area contributed by atoms with Crippen molar-refractivity contribution in [3.05, 3.63) is 47.2 Å². The van der Waals surface area contributed by atoms with Crippen LogP contribution < -0.4 is 4.74 Å². The molecule has 24 heavy (non-hydrogen) atoms. The highest BCUT2D eigenvalue weighted by Gasteiger charge is 2.30. The van der Waals surface area contributed by atoms with Crippen LogP contribution in [-0.2, 0) is 11.3 Å². The predicted octanol–water partition coefficient (Wildman–Crippen LogP) is 2.06. The van der Waals surface area contributed by atoms with Gasteiger partial charge in [0.05, 0.1) is 24.4 Å². The number of aromatic nitrogens is 2. The Bertz CT molecular complexity index is 718. The summed E-state index contributed by atoms with van der Waals surface area (Å²) in [5.74, 6) is 0.894. The monoisotopic (exact) mass is 348 g/mol. The van der Waals surface area contributed by atoms with Gasteiger partial charge in [-0.1, -0.05) is 29.8 Å². The maximum atomic E-state index is 12.6. The van der Waals surface area contributed by atoms with Gasteiger partial charge >= 0.3 is 0 Å². The van der Waals surface area contributed by atoms with E-state index in [4.69, 9.17) is 16.3 Å². The van der Waals surface area contributed by atoms with Gasteiger partial charge in [0.1, 0.15) is 12.3 Å². The van der Waals surface area contributed by atoms with Crippen LogP contribution >= 0.6 is 11.6 Å². The normalized spacial score (nSPS) is 18.6. The Morgan fingerprint density at radius 3 is 2.88 bits per heavy atom. The topological polar surface area (TPSA) is 50.6 Å². The van der Waals surface area contributed by atoms with E-state index in [-0.39, 0.29) is 18.5 Å². The Kier molecular flexibility index (Phi) is 5.06. The summed E-state index contributed by atoms with van der Waals surface area (Å²) in [5.41, 5.74) is 1.10. The Hall–Kier alpha value is -2.05. The van der Waals surface area contributed by atoms with Crippen molar-refractivity contribution in [3.8, 4) is 5.75 Å².